The lowest BCUT2D eigenvalue weighted by atomic mass is 9.64. The first kappa shape index (κ1) is 23.6. The summed E-state index contributed by atoms with van der Waals surface area (Å²) < 4.78 is 0. The number of hydrogen-bond acceptors (Lipinski definition) is 5. The number of ketones is 2. The quantitative estimate of drug-likeness (QED) is 0.347. The number of fused-ring (bicyclic) bond motifs is 6. The lowest BCUT2D eigenvalue weighted by Crippen LogP contribution is -2.51. The second-order valence-corrected chi connectivity index (χ2v) is 10.4. The SMILES string of the molecule is O=C(c1ccccn1)[C@@H]1[C@H](C(=O)c2ccc(Cl)cc2)N2c3ccccc3C=C[C@@H]2[C@@]12C(=O)Nc1ccccc12. The number of halogens is 1. The molecule has 39 heavy (non-hydrogen) atoms. The van der Waals surface area contributed by atoms with E-state index >= 15 is 0 Å². The van der Waals surface area contributed by atoms with Crippen molar-refractivity contribution in [2.24, 2.45) is 5.92 Å². The van der Waals surface area contributed by atoms with Crippen molar-refractivity contribution >= 4 is 46.5 Å². The lowest BCUT2D eigenvalue weighted by Gasteiger charge is -2.37. The minimum absolute atomic E-state index is 0.213. The Balaban J connectivity index is 1.54. The van der Waals surface area contributed by atoms with Crippen LogP contribution in [0.5, 0.6) is 0 Å². The van der Waals surface area contributed by atoms with Crippen LogP contribution in [0.3, 0.4) is 0 Å². The zero-order valence-corrected chi connectivity index (χ0v) is 21.4. The molecular formula is C32H22ClN3O3. The van der Waals surface area contributed by atoms with Gasteiger partial charge in [0.1, 0.15) is 17.2 Å². The third kappa shape index (κ3) is 3.28. The van der Waals surface area contributed by atoms with Crippen LogP contribution in [-0.4, -0.2) is 34.5 Å². The molecule has 3 aliphatic rings. The second-order valence-electron chi connectivity index (χ2n) is 10.0. The molecule has 4 aromatic rings. The molecule has 0 unspecified atom stereocenters. The number of benzene rings is 3. The van der Waals surface area contributed by atoms with Crippen LogP contribution in [0.2, 0.25) is 5.02 Å². The molecule has 1 aromatic heterocycles. The first-order valence-corrected chi connectivity index (χ1v) is 13.1. The molecule has 6 nitrogen and oxygen atoms in total. The van der Waals surface area contributed by atoms with Crippen LogP contribution in [0.1, 0.15) is 32.0 Å². The highest BCUT2D eigenvalue weighted by Crippen LogP contribution is 2.58. The van der Waals surface area contributed by atoms with Crippen molar-refractivity contribution in [3.05, 3.63) is 131 Å². The minimum Gasteiger partial charge on any atom is -0.352 e. The van der Waals surface area contributed by atoms with Gasteiger partial charge in [-0.15, -0.1) is 0 Å². The van der Waals surface area contributed by atoms with Crippen LogP contribution in [0, 0.1) is 5.92 Å². The predicted molar refractivity (Wildman–Crippen MR) is 150 cm³/mol. The zero-order valence-electron chi connectivity index (χ0n) is 20.6. The van der Waals surface area contributed by atoms with Gasteiger partial charge >= 0.3 is 0 Å². The maximum Gasteiger partial charge on any atom is 0.238 e. The normalized spacial score (nSPS) is 24.2. The standard InChI is InChI=1S/C32H22ClN3O3/c33-21-15-12-20(13-16-21)29(37)28-27(30(38)24-10-5-6-18-34-24)32(22-8-2-3-9-23(22)35-31(32)39)26-17-14-19-7-1-4-11-25(19)36(26)28/h1-18,26-28H,(H,35,39)/t26-,27+,28-,32-/m1/s1. The van der Waals surface area contributed by atoms with Gasteiger partial charge in [0.15, 0.2) is 11.6 Å². The summed E-state index contributed by atoms with van der Waals surface area (Å²) in [5, 5.41) is 3.53. The number of pyridine rings is 1. The predicted octanol–water partition coefficient (Wildman–Crippen LogP) is 5.59. The zero-order chi connectivity index (χ0) is 26.7. The monoisotopic (exact) mass is 531 g/mol. The molecule has 190 valence electrons. The number of anilines is 2. The third-order valence-corrected chi connectivity index (χ3v) is 8.39. The van der Waals surface area contributed by atoms with Gasteiger partial charge in [-0.25, -0.2) is 0 Å². The molecule has 7 heteroatoms. The smallest absolute Gasteiger partial charge is 0.238 e. The van der Waals surface area contributed by atoms with E-state index in [0.717, 1.165) is 11.3 Å². The maximum absolute atomic E-state index is 14.6. The molecule has 3 aliphatic heterocycles. The summed E-state index contributed by atoms with van der Waals surface area (Å²) in [7, 11) is 0. The molecule has 0 saturated carbocycles. The van der Waals surface area contributed by atoms with E-state index in [0.29, 0.717) is 21.8 Å². The van der Waals surface area contributed by atoms with Gasteiger partial charge in [-0.2, -0.15) is 0 Å². The largest absolute Gasteiger partial charge is 0.352 e. The number of carbonyl (C=O) groups is 3. The molecule has 0 aliphatic carbocycles. The number of amides is 1. The van der Waals surface area contributed by atoms with Crippen molar-refractivity contribution in [1.29, 1.82) is 0 Å². The maximum atomic E-state index is 14.6. The molecular weight excluding hydrogens is 510 g/mol. The first-order chi connectivity index (χ1) is 19.0. The fourth-order valence-electron chi connectivity index (χ4n) is 6.57. The first-order valence-electron chi connectivity index (χ1n) is 12.7. The minimum atomic E-state index is -1.36. The van der Waals surface area contributed by atoms with Crippen molar-refractivity contribution in [3.63, 3.8) is 0 Å². The summed E-state index contributed by atoms with van der Waals surface area (Å²) in [5.41, 5.74) is 2.33. The van der Waals surface area contributed by atoms with E-state index in [9.17, 15) is 14.4 Å². The van der Waals surface area contributed by atoms with Crippen molar-refractivity contribution in [3.8, 4) is 0 Å². The van der Waals surface area contributed by atoms with Crippen LogP contribution >= 0.6 is 11.6 Å². The summed E-state index contributed by atoms with van der Waals surface area (Å²) in [6, 6.07) is 25.4. The highest BCUT2D eigenvalue weighted by Gasteiger charge is 2.70. The van der Waals surface area contributed by atoms with Crippen LogP contribution < -0.4 is 10.2 Å². The second kappa shape index (κ2) is 8.75. The number of nitrogens with zero attached hydrogens (tertiary/aromatic N) is 2. The number of carbonyl (C=O) groups excluding carboxylic acids is 3. The molecule has 0 radical (unpaired) electrons. The molecule has 1 fully saturated rings. The molecule has 1 N–H and O–H groups in total. The Morgan fingerprint density at radius 1 is 0.872 bits per heavy atom. The van der Waals surface area contributed by atoms with Crippen molar-refractivity contribution in [1.82, 2.24) is 4.98 Å². The summed E-state index contributed by atoms with van der Waals surface area (Å²) in [5.74, 6) is -1.97. The van der Waals surface area contributed by atoms with Crippen molar-refractivity contribution in [2.75, 3.05) is 10.2 Å². The number of Topliss-reactive ketones (excluding diaryl/α,β-unsaturated/α-hetero) is 2. The topological polar surface area (TPSA) is 79.4 Å². The third-order valence-electron chi connectivity index (χ3n) is 8.14. The lowest BCUT2D eigenvalue weighted by molar-refractivity contribution is -0.121. The van der Waals surface area contributed by atoms with Gasteiger partial charge in [0.25, 0.3) is 0 Å². The van der Waals surface area contributed by atoms with E-state index in [1.165, 1.54) is 0 Å². The average Bonchev–Trinajstić information content (AvgIpc) is 3.45. The average molecular weight is 532 g/mol. The molecule has 4 heterocycles. The van der Waals surface area contributed by atoms with Gasteiger partial charge in [-0.05, 0) is 59.7 Å². The fraction of sp³-hybridized carbons (Fsp3) is 0.125. The Kier molecular flexibility index (Phi) is 5.28. The number of para-hydroxylation sites is 2. The number of nitrogens with one attached hydrogen (secondary N) is 1. The highest BCUT2D eigenvalue weighted by atomic mass is 35.5. The fourth-order valence-corrected chi connectivity index (χ4v) is 6.70. The Labute approximate surface area is 229 Å². The number of hydrogen-bond donors (Lipinski definition) is 1. The van der Waals surface area contributed by atoms with E-state index in [1.807, 2.05) is 65.6 Å². The van der Waals surface area contributed by atoms with E-state index < -0.39 is 23.4 Å². The number of rotatable bonds is 4. The van der Waals surface area contributed by atoms with Crippen molar-refractivity contribution in [2.45, 2.75) is 17.5 Å². The van der Waals surface area contributed by atoms with Gasteiger partial charge in [-0.3, -0.25) is 19.4 Å². The summed E-state index contributed by atoms with van der Waals surface area (Å²) in [6.07, 6.45) is 5.48. The van der Waals surface area contributed by atoms with E-state index in [-0.39, 0.29) is 23.2 Å². The van der Waals surface area contributed by atoms with Gasteiger partial charge in [0.2, 0.25) is 5.91 Å². The van der Waals surface area contributed by atoms with Gasteiger partial charge in [0, 0.05) is 28.2 Å². The molecule has 1 spiro atoms. The molecule has 1 saturated heterocycles. The van der Waals surface area contributed by atoms with Crippen molar-refractivity contribution < 1.29 is 14.4 Å². The van der Waals surface area contributed by atoms with E-state index in [4.69, 9.17) is 11.6 Å². The molecule has 1 amide bonds. The van der Waals surface area contributed by atoms with Gasteiger partial charge in [-0.1, -0.05) is 66.2 Å². The molecule has 4 atom stereocenters. The van der Waals surface area contributed by atoms with E-state index in [1.54, 1.807) is 48.7 Å². The van der Waals surface area contributed by atoms with Crippen LogP contribution in [-0.2, 0) is 10.2 Å². The Morgan fingerprint density at radius 2 is 1.62 bits per heavy atom. The van der Waals surface area contributed by atoms with Crippen LogP contribution in [0.15, 0.2) is 103 Å². The van der Waals surface area contributed by atoms with Crippen LogP contribution in [0.25, 0.3) is 6.08 Å². The van der Waals surface area contributed by atoms with E-state index in [2.05, 4.69) is 10.3 Å². The summed E-state index contributed by atoms with van der Waals surface area (Å²) in [6.45, 7) is 0. The summed E-state index contributed by atoms with van der Waals surface area (Å²) >= 11 is 6.14. The molecule has 0 bridgehead atoms. The molecule has 7 rings (SSSR count). The van der Waals surface area contributed by atoms with Crippen LogP contribution in [0.4, 0.5) is 11.4 Å². The Bertz CT molecular complexity index is 1680. The van der Waals surface area contributed by atoms with Gasteiger partial charge in [0.05, 0.1) is 12.0 Å². The molecule has 3 aromatic carbocycles. The Hall–Kier alpha value is -4.55. The summed E-state index contributed by atoms with van der Waals surface area (Å²) in [4.78, 5) is 49.6. The van der Waals surface area contributed by atoms with Gasteiger partial charge < -0.3 is 10.2 Å². The Morgan fingerprint density at radius 3 is 2.41 bits per heavy atom. The number of aromatic nitrogens is 1. The highest BCUT2D eigenvalue weighted by molar-refractivity contribution is 6.30.